The fourth-order valence-corrected chi connectivity index (χ4v) is 0.942. The van der Waals surface area contributed by atoms with Crippen molar-refractivity contribution in [1.29, 1.82) is 0 Å². The minimum absolute atomic E-state index is 0.0399. The van der Waals surface area contributed by atoms with Crippen LogP contribution in [0.2, 0.25) is 0 Å². The molecule has 0 spiro atoms. The summed E-state index contributed by atoms with van der Waals surface area (Å²) in [5.74, 6) is 0. The van der Waals surface area contributed by atoms with Crippen molar-refractivity contribution in [2.75, 3.05) is 0 Å². The van der Waals surface area contributed by atoms with Gasteiger partial charge in [0.2, 0.25) is 0 Å². The molecule has 0 aliphatic carbocycles. The fraction of sp³-hybridized carbons (Fsp3) is 0.455. The molecule has 0 heterocycles. The summed E-state index contributed by atoms with van der Waals surface area (Å²) in [6.45, 7) is 3.62. The minimum atomic E-state index is -4.07. The van der Waals surface area contributed by atoms with E-state index < -0.39 is 12.6 Å². The van der Waals surface area contributed by atoms with E-state index in [0.717, 1.165) is 0 Å². The summed E-state index contributed by atoms with van der Waals surface area (Å²) < 4.78 is 35.7. The average Bonchev–Trinajstić information content (AvgIpc) is 2.08. The number of hydrogen-bond acceptors (Lipinski definition) is 0. The first-order valence-corrected chi connectivity index (χ1v) is 4.51. The molecule has 0 aromatic carbocycles. The Balaban J connectivity index is 4.25. The molecule has 14 heavy (non-hydrogen) atoms. The zero-order valence-electron chi connectivity index (χ0n) is 8.43. The molecule has 0 aromatic heterocycles. The topological polar surface area (TPSA) is 0 Å². The van der Waals surface area contributed by atoms with Crippen molar-refractivity contribution in [3.63, 3.8) is 0 Å². The number of alkyl halides is 3. The maximum atomic E-state index is 11.9. The van der Waals surface area contributed by atoms with Gasteiger partial charge >= 0.3 is 6.18 Å². The lowest BCUT2D eigenvalue weighted by atomic mass is 10.1. The smallest absolute Gasteiger partial charge is 0.171 e. The second kappa shape index (κ2) is 6.46. The van der Waals surface area contributed by atoms with Gasteiger partial charge in [-0.1, -0.05) is 30.4 Å². The van der Waals surface area contributed by atoms with Crippen molar-refractivity contribution in [2.45, 2.75) is 32.9 Å². The largest absolute Gasteiger partial charge is 0.389 e. The van der Waals surface area contributed by atoms with Crippen LogP contribution < -0.4 is 0 Å². The van der Waals surface area contributed by atoms with Crippen LogP contribution in [0.15, 0.2) is 36.0 Å². The van der Waals surface area contributed by atoms with E-state index >= 15 is 0 Å². The Hall–Kier alpha value is -0.990. The molecule has 0 fully saturated rings. The predicted octanol–water partition coefficient (Wildman–Crippen LogP) is 4.41. The predicted molar refractivity (Wildman–Crippen MR) is 53.0 cm³/mol. The van der Waals surface area contributed by atoms with E-state index in [4.69, 9.17) is 0 Å². The van der Waals surface area contributed by atoms with Crippen molar-refractivity contribution in [3.8, 4) is 0 Å². The highest BCUT2D eigenvalue weighted by molar-refractivity contribution is 5.23. The Morgan fingerprint density at radius 1 is 1.14 bits per heavy atom. The first-order chi connectivity index (χ1) is 6.49. The van der Waals surface area contributed by atoms with Gasteiger partial charge in [-0.25, -0.2) is 0 Å². The highest BCUT2D eigenvalue weighted by atomic mass is 19.4. The van der Waals surface area contributed by atoms with Gasteiger partial charge in [0.25, 0.3) is 0 Å². The third-order valence-corrected chi connectivity index (χ3v) is 1.58. The first-order valence-electron chi connectivity index (χ1n) is 4.51. The Morgan fingerprint density at radius 2 is 1.79 bits per heavy atom. The molecule has 0 saturated carbocycles. The zero-order valence-corrected chi connectivity index (χ0v) is 8.43. The molecule has 0 unspecified atom stereocenters. The summed E-state index contributed by atoms with van der Waals surface area (Å²) in [7, 11) is 0. The van der Waals surface area contributed by atoms with Gasteiger partial charge in [0.15, 0.2) is 0 Å². The number of rotatable bonds is 4. The molecule has 0 aliphatic rings. The SMILES string of the molecule is C\C=C/C(=C\C=C\C)CCC(F)(F)F. The molecule has 0 radical (unpaired) electrons. The number of hydrogen-bond donors (Lipinski definition) is 0. The van der Waals surface area contributed by atoms with Crippen molar-refractivity contribution < 1.29 is 13.2 Å². The van der Waals surface area contributed by atoms with Crippen LogP contribution in [-0.4, -0.2) is 6.18 Å². The van der Waals surface area contributed by atoms with E-state index in [-0.39, 0.29) is 6.42 Å². The Morgan fingerprint density at radius 3 is 2.21 bits per heavy atom. The molecule has 0 bridgehead atoms. The first kappa shape index (κ1) is 13.0. The summed E-state index contributed by atoms with van der Waals surface area (Å²) in [5, 5.41) is 0. The summed E-state index contributed by atoms with van der Waals surface area (Å²) in [5.41, 5.74) is 0.697. The third-order valence-electron chi connectivity index (χ3n) is 1.58. The average molecular weight is 204 g/mol. The number of allylic oxidation sites excluding steroid dienone is 6. The van der Waals surface area contributed by atoms with Crippen LogP contribution >= 0.6 is 0 Å². The zero-order chi connectivity index (χ0) is 11.0. The van der Waals surface area contributed by atoms with Crippen molar-refractivity contribution in [2.24, 2.45) is 0 Å². The van der Waals surface area contributed by atoms with Crippen molar-refractivity contribution in [3.05, 3.63) is 36.0 Å². The quantitative estimate of drug-likeness (QED) is 0.595. The van der Waals surface area contributed by atoms with Crippen LogP contribution in [0.4, 0.5) is 13.2 Å². The molecule has 0 nitrogen and oxygen atoms in total. The molecule has 3 heteroatoms. The van der Waals surface area contributed by atoms with E-state index in [1.54, 1.807) is 37.3 Å². The Bertz CT molecular complexity index is 231. The molecule has 0 N–H and O–H groups in total. The van der Waals surface area contributed by atoms with Crippen molar-refractivity contribution in [1.82, 2.24) is 0 Å². The second-order valence-electron chi connectivity index (χ2n) is 2.88. The fourth-order valence-electron chi connectivity index (χ4n) is 0.942. The lowest BCUT2D eigenvalue weighted by Crippen LogP contribution is -2.06. The second-order valence-corrected chi connectivity index (χ2v) is 2.88. The molecule has 0 amide bonds. The molecule has 0 rings (SSSR count). The molecule has 0 atom stereocenters. The highest BCUT2D eigenvalue weighted by Gasteiger charge is 2.26. The molecular formula is C11H15F3. The molecule has 0 aliphatic heterocycles. The third kappa shape index (κ3) is 7.65. The van der Waals surface area contributed by atoms with Gasteiger partial charge in [0, 0.05) is 6.42 Å². The highest BCUT2D eigenvalue weighted by Crippen LogP contribution is 2.24. The summed E-state index contributed by atoms with van der Waals surface area (Å²) in [6.07, 6.45) is 3.88. The minimum Gasteiger partial charge on any atom is -0.171 e. The summed E-state index contributed by atoms with van der Waals surface area (Å²) >= 11 is 0. The van der Waals surface area contributed by atoms with Crippen LogP contribution in [0.3, 0.4) is 0 Å². The lowest BCUT2D eigenvalue weighted by Gasteiger charge is -2.05. The maximum Gasteiger partial charge on any atom is 0.389 e. The van der Waals surface area contributed by atoms with E-state index in [2.05, 4.69) is 0 Å². The van der Waals surface area contributed by atoms with Gasteiger partial charge in [0.1, 0.15) is 0 Å². The van der Waals surface area contributed by atoms with E-state index in [9.17, 15) is 13.2 Å². The number of halogens is 3. The van der Waals surface area contributed by atoms with Gasteiger partial charge in [-0.2, -0.15) is 13.2 Å². The van der Waals surface area contributed by atoms with Crippen LogP contribution in [-0.2, 0) is 0 Å². The summed E-state index contributed by atoms with van der Waals surface area (Å²) in [6, 6.07) is 0. The van der Waals surface area contributed by atoms with Gasteiger partial charge < -0.3 is 0 Å². The Kier molecular flexibility index (Phi) is 6.00. The van der Waals surface area contributed by atoms with E-state index in [1.165, 1.54) is 0 Å². The van der Waals surface area contributed by atoms with E-state index in [0.29, 0.717) is 5.57 Å². The van der Waals surface area contributed by atoms with Gasteiger partial charge in [-0.15, -0.1) is 0 Å². The molecular weight excluding hydrogens is 189 g/mol. The van der Waals surface area contributed by atoms with Crippen LogP contribution in [0, 0.1) is 0 Å². The molecule has 0 aromatic rings. The van der Waals surface area contributed by atoms with Gasteiger partial charge in [0.05, 0.1) is 0 Å². The normalized spacial score (nSPS) is 14.5. The maximum absolute atomic E-state index is 11.9. The lowest BCUT2D eigenvalue weighted by molar-refractivity contribution is -0.133. The van der Waals surface area contributed by atoms with Crippen LogP contribution in [0.5, 0.6) is 0 Å². The van der Waals surface area contributed by atoms with Crippen LogP contribution in [0.25, 0.3) is 0 Å². The Labute approximate surface area is 82.8 Å². The van der Waals surface area contributed by atoms with Crippen molar-refractivity contribution >= 4 is 0 Å². The van der Waals surface area contributed by atoms with Crippen LogP contribution in [0.1, 0.15) is 26.7 Å². The molecule has 80 valence electrons. The molecule has 0 saturated heterocycles. The monoisotopic (exact) mass is 204 g/mol. The van der Waals surface area contributed by atoms with Gasteiger partial charge in [-0.3, -0.25) is 0 Å². The van der Waals surface area contributed by atoms with E-state index in [1.807, 2.05) is 6.92 Å². The van der Waals surface area contributed by atoms with Gasteiger partial charge in [-0.05, 0) is 25.8 Å². The standard InChI is InChI=1S/C11H15F3/c1-3-5-7-10(6-4-2)8-9-11(12,13)14/h3-7H,8-9H2,1-2H3/b5-3+,6-4-,10-7+. The summed E-state index contributed by atoms with van der Waals surface area (Å²) in [4.78, 5) is 0.